The van der Waals surface area contributed by atoms with Crippen LogP contribution in [0.1, 0.15) is 28.7 Å². The summed E-state index contributed by atoms with van der Waals surface area (Å²) >= 11 is 6.03. The number of rotatable bonds is 2. The van der Waals surface area contributed by atoms with Crippen LogP contribution in [0.5, 0.6) is 0 Å². The molecule has 0 radical (unpaired) electrons. The fraction of sp³-hybridized carbons (Fsp3) is 0.267. The van der Waals surface area contributed by atoms with Gasteiger partial charge in [-0.3, -0.25) is 4.57 Å². The van der Waals surface area contributed by atoms with E-state index in [4.69, 9.17) is 21.6 Å². The second-order valence-corrected chi connectivity index (χ2v) is 5.77. The minimum Gasteiger partial charge on any atom is -0.452 e. The van der Waals surface area contributed by atoms with Crippen LogP contribution in [0.25, 0.3) is 5.69 Å². The minimum absolute atomic E-state index is 0.270. The van der Waals surface area contributed by atoms with Crippen LogP contribution in [0.4, 0.5) is 0 Å². The van der Waals surface area contributed by atoms with Crippen molar-refractivity contribution >= 4 is 17.6 Å². The van der Waals surface area contributed by atoms with E-state index in [1.54, 1.807) is 29.7 Å². The van der Waals surface area contributed by atoms with Crippen molar-refractivity contribution in [2.75, 3.05) is 6.61 Å². The van der Waals surface area contributed by atoms with Gasteiger partial charge in [0.05, 0.1) is 22.9 Å². The highest BCUT2D eigenvalue weighted by Gasteiger charge is 2.39. The number of cyclic esters (lactones) is 1. The van der Waals surface area contributed by atoms with E-state index in [1.165, 1.54) is 6.33 Å². The Morgan fingerprint density at radius 2 is 2.36 bits per heavy atom. The van der Waals surface area contributed by atoms with Gasteiger partial charge >= 0.3 is 5.97 Å². The average molecular weight is 318 g/mol. The topological polar surface area (TPSA) is 88.1 Å². The lowest BCUT2D eigenvalue weighted by Gasteiger charge is -2.31. The summed E-state index contributed by atoms with van der Waals surface area (Å²) in [6.45, 7) is 1.39. The number of hydrogen-bond donors (Lipinski definition) is 1. The summed E-state index contributed by atoms with van der Waals surface area (Å²) in [5.74, 6) is -0.546. The number of imidazole rings is 1. The van der Waals surface area contributed by atoms with Gasteiger partial charge in [0.2, 0.25) is 0 Å². The second kappa shape index (κ2) is 5.13. The first kappa shape index (κ1) is 14.6. The quantitative estimate of drug-likeness (QED) is 0.854. The molecule has 1 aromatic carbocycles. The third-order valence-corrected chi connectivity index (χ3v) is 3.92. The standard InChI is InChI=1S/C15H12ClN3O3/c1-15(7-20)5-12-13(14(21)22-15)19(8-18-12)10-3-2-9(6-17)11(16)4-10/h2-4,8,20H,5,7H2,1H3/t15-/m0/s1. The molecule has 112 valence electrons. The molecule has 0 unspecified atom stereocenters. The number of hydrogen-bond acceptors (Lipinski definition) is 5. The third kappa shape index (κ3) is 2.25. The maximum atomic E-state index is 12.2. The number of esters is 1. The van der Waals surface area contributed by atoms with E-state index in [0.29, 0.717) is 34.1 Å². The maximum Gasteiger partial charge on any atom is 0.357 e. The molecule has 0 aliphatic carbocycles. The molecule has 1 aromatic heterocycles. The number of ether oxygens (including phenoxy) is 1. The average Bonchev–Trinajstić information content (AvgIpc) is 2.91. The molecular formula is C15H12ClN3O3. The fourth-order valence-electron chi connectivity index (χ4n) is 2.42. The van der Waals surface area contributed by atoms with Crippen molar-refractivity contribution in [3.05, 3.63) is 46.5 Å². The van der Waals surface area contributed by atoms with Crippen LogP contribution in [-0.2, 0) is 11.2 Å². The van der Waals surface area contributed by atoms with Crippen molar-refractivity contribution in [2.45, 2.75) is 18.9 Å². The Kier molecular flexibility index (Phi) is 3.39. The fourth-order valence-corrected chi connectivity index (χ4v) is 2.64. The van der Waals surface area contributed by atoms with Crippen molar-refractivity contribution in [1.29, 1.82) is 5.26 Å². The highest BCUT2D eigenvalue weighted by atomic mass is 35.5. The lowest BCUT2D eigenvalue weighted by Crippen LogP contribution is -2.42. The van der Waals surface area contributed by atoms with Crippen molar-refractivity contribution < 1.29 is 14.6 Å². The Morgan fingerprint density at radius 3 is 3.00 bits per heavy atom. The summed E-state index contributed by atoms with van der Waals surface area (Å²) in [7, 11) is 0. The SMILES string of the molecule is C[C@@]1(CO)Cc2ncn(-c3ccc(C#N)c(Cl)c3)c2C(=O)O1. The summed E-state index contributed by atoms with van der Waals surface area (Å²) in [6.07, 6.45) is 1.84. The van der Waals surface area contributed by atoms with Crippen molar-refractivity contribution in [3.63, 3.8) is 0 Å². The smallest absolute Gasteiger partial charge is 0.357 e. The lowest BCUT2D eigenvalue weighted by molar-refractivity contribution is -0.0434. The van der Waals surface area contributed by atoms with E-state index in [1.807, 2.05) is 6.07 Å². The van der Waals surface area contributed by atoms with E-state index < -0.39 is 11.6 Å². The molecule has 0 fully saturated rings. The van der Waals surface area contributed by atoms with Gasteiger partial charge in [0.25, 0.3) is 0 Å². The molecule has 1 N–H and O–H groups in total. The van der Waals surface area contributed by atoms with E-state index in [-0.39, 0.29) is 6.61 Å². The van der Waals surface area contributed by atoms with Gasteiger partial charge in [-0.05, 0) is 25.1 Å². The summed E-state index contributed by atoms with van der Waals surface area (Å²) in [6, 6.07) is 6.83. The molecule has 0 saturated heterocycles. The Bertz CT molecular complexity index is 809. The highest BCUT2D eigenvalue weighted by molar-refractivity contribution is 6.31. The predicted molar refractivity (Wildman–Crippen MR) is 77.9 cm³/mol. The van der Waals surface area contributed by atoms with Crippen molar-refractivity contribution in [1.82, 2.24) is 9.55 Å². The molecule has 0 bridgehead atoms. The van der Waals surface area contributed by atoms with Gasteiger partial charge in [0, 0.05) is 12.1 Å². The first-order valence-electron chi connectivity index (χ1n) is 6.58. The number of aliphatic hydroxyl groups is 1. The van der Waals surface area contributed by atoms with E-state index in [2.05, 4.69) is 4.98 Å². The van der Waals surface area contributed by atoms with Gasteiger partial charge in [0.15, 0.2) is 5.69 Å². The summed E-state index contributed by atoms with van der Waals surface area (Å²) in [5, 5.41) is 18.6. The van der Waals surface area contributed by atoms with Gasteiger partial charge in [-0.25, -0.2) is 9.78 Å². The molecule has 1 aliphatic rings. The number of nitrogens with zero attached hydrogens (tertiary/aromatic N) is 3. The molecule has 7 heteroatoms. The molecule has 0 saturated carbocycles. The van der Waals surface area contributed by atoms with Gasteiger partial charge < -0.3 is 9.84 Å². The number of nitriles is 1. The second-order valence-electron chi connectivity index (χ2n) is 5.36. The van der Waals surface area contributed by atoms with Gasteiger partial charge in [-0.15, -0.1) is 0 Å². The third-order valence-electron chi connectivity index (χ3n) is 3.60. The van der Waals surface area contributed by atoms with Crippen LogP contribution < -0.4 is 0 Å². The Morgan fingerprint density at radius 1 is 1.59 bits per heavy atom. The Hall–Kier alpha value is -2.36. The molecule has 0 amide bonds. The number of aromatic nitrogens is 2. The Balaban J connectivity index is 2.08. The molecule has 2 heterocycles. The number of aliphatic hydroxyl groups excluding tert-OH is 1. The molecule has 0 spiro atoms. The zero-order valence-electron chi connectivity index (χ0n) is 11.7. The molecule has 2 aromatic rings. The van der Waals surface area contributed by atoms with Crippen LogP contribution in [0.3, 0.4) is 0 Å². The summed E-state index contributed by atoms with van der Waals surface area (Å²) in [5.41, 5.74) is 0.892. The van der Waals surface area contributed by atoms with E-state index >= 15 is 0 Å². The van der Waals surface area contributed by atoms with Crippen LogP contribution in [0, 0.1) is 11.3 Å². The molecule has 22 heavy (non-hydrogen) atoms. The lowest BCUT2D eigenvalue weighted by atomic mass is 9.97. The number of carbonyl (C=O) groups is 1. The van der Waals surface area contributed by atoms with Crippen molar-refractivity contribution in [3.8, 4) is 11.8 Å². The first-order chi connectivity index (χ1) is 10.5. The number of benzene rings is 1. The number of carbonyl (C=O) groups excluding carboxylic acids is 1. The zero-order valence-corrected chi connectivity index (χ0v) is 12.5. The largest absolute Gasteiger partial charge is 0.452 e. The van der Waals surface area contributed by atoms with Crippen molar-refractivity contribution in [2.24, 2.45) is 0 Å². The van der Waals surface area contributed by atoms with Crippen LogP contribution in [0.15, 0.2) is 24.5 Å². The zero-order chi connectivity index (χ0) is 15.9. The maximum absolute atomic E-state index is 12.2. The van der Waals surface area contributed by atoms with E-state index in [9.17, 15) is 9.90 Å². The highest BCUT2D eigenvalue weighted by Crippen LogP contribution is 2.29. The van der Waals surface area contributed by atoms with Gasteiger partial charge in [0.1, 0.15) is 18.0 Å². The molecule has 1 atom stereocenters. The predicted octanol–water partition coefficient (Wildman–Crippen LogP) is 1.86. The normalized spacial score (nSPS) is 20.2. The van der Waals surface area contributed by atoms with Crippen LogP contribution >= 0.6 is 11.6 Å². The first-order valence-corrected chi connectivity index (χ1v) is 6.96. The van der Waals surface area contributed by atoms with Crippen LogP contribution in [0.2, 0.25) is 5.02 Å². The molecule has 1 aliphatic heterocycles. The molecule has 6 nitrogen and oxygen atoms in total. The minimum atomic E-state index is -0.953. The van der Waals surface area contributed by atoms with Gasteiger partial charge in [-0.2, -0.15) is 5.26 Å². The molecule has 3 rings (SSSR count). The summed E-state index contributed by atoms with van der Waals surface area (Å²) in [4.78, 5) is 16.5. The van der Waals surface area contributed by atoms with Crippen LogP contribution in [-0.4, -0.2) is 32.8 Å². The van der Waals surface area contributed by atoms with Gasteiger partial charge in [-0.1, -0.05) is 11.6 Å². The number of halogens is 1. The monoisotopic (exact) mass is 317 g/mol. The Labute approximate surface area is 131 Å². The number of fused-ring (bicyclic) bond motifs is 1. The summed E-state index contributed by atoms with van der Waals surface area (Å²) < 4.78 is 6.88. The molecular weight excluding hydrogens is 306 g/mol. The van der Waals surface area contributed by atoms with E-state index in [0.717, 1.165) is 0 Å².